The van der Waals surface area contributed by atoms with Crippen LogP contribution in [0, 0.1) is 56.7 Å². The van der Waals surface area contributed by atoms with E-state index in [-0.39, 0.29) is 63.1 Å². The number of aliphatic hydroxyl groups is 2. The molecule has 6 saturated carbocycles. The molecule has 0 saturated heterocycles. The van der Waals surface area contributed by atoms with Crippen LogP contribution in [0.4, 0.5) is 23.7 Å². The number of carbonyl (C=O) groups is 2. The lowest BCUT2D eigenvalue weighted by Crippen LogP contribution is -2.67. The number of benzene rings is 2. The minimum absolute atomic E-state index is 0.000254. The number of hydrogen-bond acceptors (Lipinski definition) is 6. The Morgan fingerprint density at radius 2 is 1.64 bits per heavy atom. The number of methoxy groups -OCH3 is 1. The molecule has 0 aliphatic heterocycles. The number of anilines is 1. The minimum atomic E-state index is -4.60. The van der Waals surface area contributed by atoms with E-state index in [0.717, 1.165) is 44.2 Å². The maximum Gasteiger partial charge on any atom is 0.416 e. The maximum absolute atomic E-state index is 15.3. The molecular formula is C52H60ClF3N2O6. The number of alkyl halides is 3. The van der Waals surface area contributed by atoms with Crippen molar-refractivity contribution in [2.75, 3.05) is 25.5 Å². The Hall–Kier alpha value is -4.06. The van der Waals surface area contributed by atoms with Crippen molar-refractivity contribution in [3.05, 3.63) is 94.7 Å². The molecule has 1 aromatic heterocycles. The molecule has 11 atom stereocenters. The summed E-state index contributed by atoms with van der Waals surface area (Å²) in [5.74, 6) is 1.67. The lowest BCUT2D eigenvalue weighted by Gasteiger charge is -2.71. The molecule has 12 heteroatoms. The zero-order chi connectivity index (χ0) is 45.4. The van der Waals surface area contributed by atoms with E-state index in [9.17, 15) is 28.2 Å². The predicted molar refractivity (Wildman–Crippen MR) is 239 cm³/mol. The highest BCUT2D eigenvalue weighted by Gasteiger charge is 2.75. The van der Waals surface area contributed by atoms with E-state index in [1.54, 1.807) is 7.11 Å². The van der Waals surface area contributed by atoms with Crippen LogP contribution in [0.25, 0.3) is 11.3 Å². The van der Waals surface area contributed by atoms with Gasteiger partial charge in [-0.1, -0.05) is 57.5 Å². The summed E-state index contributed by atoms with van der Waals surface area (Å²) in [6.07, 6.45) is 9.08. The Labute approximate surface area is 378 Å². The average molecular weight is 902 g/mol. The van der Waals surface area contributed by atoms with Crippen LogP contribution >= 0.6 is 11.6 Å². The molecule has 2 spiro atoms. The zero-order valence-electron chi connectivity index (χ0n) is 37.4. The van der Waals surface area contributed by atoms with Gasteiger partial charge in [-0.2, -0.15) is 13.2 Å². The molecule has 12 rings (SSSR count). The van der Waals surface area contributed by atoms with Crippen LogP contribution in [0.5, 0.6) is 5.75 Å². The third-order valence-electron chi connectivity index (χ3n) is 18.9. The molecule has 8 nitrogen and oxygen atoms in total. The number of carbonyl (C=O) groups excluding carboxylic acids is 2. The third-order valence-corrected chi connectivity index (χ3v) is 19.2. The van der Waals surface area contributed by atoms with Gasteiger partial charge in [0.1, 0.15) is 11.5 Å². The second kappa shape index (κ2) is 14.7. The summed E-state index contributed by atoms with van der Waals surface area (Å²) in [7, 11) is 1.60. The molecule has 4 bridgehead atoms. The number of amides is 2. The number of ketones is 1. The molecule has 0 radical (unpaired) electrons. The van der Waals surface area contributed by atoms with E-state index >= 15 is 4.79 Å². The number of fused-ring (bicyclic) bond motifs is 3. The summed E-state index contributed by atoms with van der Waals surface area (Å²) < 4.78 is 52.9. The van der Waals surface area contributed by atoms with Gasteiger partial charge >= 0.3 is 12.2 Å². The van der Waals surface area contributed by atoms with Crippen molar-refractivity contribution in [1.29, 1.82) is 0 Å². The van der Waals surface area contributed by atoms with Gasteiger partial charge in [-0.25, -0.2) is 4.79 Å². The van der Waals surface area contributed by atoms with Crippen LogP contribution in [-0.4, -0.2) is 58.8 Å². The first kappa shape index (κ1) is 43.8. The summed E-state index contributed by atoms with van der Waals surface area (Å²) in [6.45, 7) is 9.85. The maximum atomic E-state index is 15.3. The number of hydrogen-bond donors (Lipinski definition) is 3. The molecule has 9 aliphatic carbocycles. The first-order valence-corrected chi connectivity index (χ1v) is 23.6. The Kier molecular flexibility index (Phi) is 10.1. The van der Waals surface area contributed by atoms with Gasteiger partial charge in [0.15, 0.2) is 5.76 Å². The molecule has 3 N–H and O–H groups in total. The van der Waals surface area contributed by atoms with E-state index in [2.05, 4.69) is 51.2 Å². The molecule has 2 aromatic carbocycles. The summed E-state index contributed by atoms with van der Waals surface area (Å²) in [6, 6.07) is 13.1. The fourth-order valence-corrected chi connectivity index (χ4v) is 15.3. The van der Waals surface area contributed by atoms with Crippen molar-refractivity contribution in [3.63, 3.8) is 0 Å². The normalized spacial score (nSPS) is 37.7. The number of ether oxygens (including phenoxy) is 1. The van der Waals surface area contributed by atoms with Crippen molar-refractivity contribution in [3.8, 4) is 17.1 Å². The van der Waals surface area contributed by atoms with Gasteiger partial charge in [-0.05, 0) is 159 Å². The number of urea groups is 1. The van der Waals surface area contributed by atoms with Crippen molar-refractivity contribution in [2.24, 2.45) is 56.7 Å². The molecule has 1 unspecified atom stereocenters. The molecule has 3 aromatic rings. The molecule has 6 fully saturated rings. The molecule has 9 aliphatic rings. The van der Waals surface area contributed by atoms with Gasteiger partial charge in [0, 0.05) is 39.6 Å². The van der Waals surface area contributed by atoms with Gasteiger partial charge in [0.05, 0.1) is 35.9 Å². The van der Waals surface area contributed by atoms with E-state index in [0.29, 0.717) is 73.4 Å². The van der Waals surface area contributed by atoms with Gasteiger partial charge in [-0.15, -0.1) is 0 Å². The number of aliphatic hydroxyl groups excluding tert-OH is 1. The quantitative estimate of drug-likeness (QED) is 0.146. The van der Waals surface area contributed by atoms with Crippen molar-refractivity contribution < 1.29 is 42.1 Å². The fourth-order valence-electron chi connectivity index (χ4n) is 15.1. The largest absolute Gasteiger partial charge is 0.497 e. The van der Waals surface area contributed by atoms with Crippen LogP contribution in [0.15, 0.2) is 82.8 Å². The summed E-state index contributed by atoms with van der Waals surface area (Å²) in [4.78, 5) is 31.8. The van der Waals surface area contributed by atoms with E-state index in [1.165, 1.54) is 18.2 Å². The lowest BCUT2D eigenvalue weighted by molar-refractivity contribution is -0.176. The molecular weight excluding hydrogens is 841 g/mol. The van der Waals surface area contributed by atoms with Crippen LogP contribution in [0.2, 0.25) is 5.02 Å². The Morgan fingerprint density at radius 3 is 2.34 bits per heavy atom. The number of allylic oxidation sites excluding steroid dienone is 4. The number of furan rings is 1. The lowest BCUT2D eigenvalue weighted by atomic mass is 9.32. The average Bonchev–Trinajstić information content (AvgIpc) is 3.85. The zero-order valence-corrected chi connectivity index (χ0v) is 38.1. The van der Waals surface area contributed by atoms with Crippen molar-refractivity contribution in [1.82, 2.24) is 4.90 Å². The smallest absolute Gasteiger partial charge is 0.416 e. The highest BCUT2D eigenvalue weighted by molar-refractivity contribution is 6.33. The van der Waals surface area contributed by atoms with Gasteiger partial charge in [-0.3, -0.25) is 4.79 Å². The van der Waals surface area contributed by atoms with Crippen molar-refractivity contribution >= 4 is 29.1 Å². The standard InChI is InChI=1S/C52H60ClF3N2O6/c1-46(2)31-7-6-30(37(46)25-31)28-58(45(61)57-33-9-11-35(63-5)12-10-33)29-50(62)21-18-43-48(50,4)20-17-42-47(3)19-16-34(59)26-49(47)22-23-51(42,43)38(27-49)44(60)41-15-14-40(64-41)36-24-32(52(54,55)56)8-13-39(36)53/h8-15,22-24,27,30-31,34,37,42-43,59,62H,6-7,16-21,25-26,28-29H2,1-5H3,(H,57,61)/t30-,31-,34?,37-,42+,43+,47+,48-,49-,50+,51+/m0/s1. The number of nitrogens with zero attached hydrogens (tertiary/aromatic N) is 1. The third kappa shape index (κ3) is 6.28. The number of nitrogens with one attached hydrogen (secondary N) is 1. The second-order valence-electron chi connectivity index (χ2n) is 21.7. The molecule has 2 amide bonds. The van der Waals surface area contributed by atoms with Gasteiger partial charge in [0.2, 0.25) is 5.78 Å². The molecule has 342 valence electrons. The predicted octanol–water partition coefficient (Wildman–Crippen LogP) is 12.0. The first-order chi connectivity index (χ1) is 30.2. The topological polar surface area (TPSA) is 112 Å². The Balaban J connectivity index is 1.01. The molecule has 1 heterocycles. The van der Waals surface area contributed by atoms with Crippen LogP contribution in [0.3, 0.4) is 0 Å². The summed E-state index contributed by atoms with van der Waals surface area (Å²) in [5, 5.41) is 27.8. The summed E-state index contributed by atoms with van der Waals surface area (Å²) in [5.41, 5.74) is -3.17. The monoisotopic (exact) mass is 900 g/mol. The van der Waals surface area contributed by atoms with Crippen LogP contribution < -0.4 is 10.1 Å². The Bertz CT molecular complexity index is 2440. The van der Waals surface area contributed by atoms with E-state index in [1.807, 2.05) is 29.2 Å². The Morgan fingerprint density at radius 1 is 0.922 bits per heavy atom. The number of rotatable bonds is 9. The van der Waals surface area contributed by atoms with E-state index in [4.69, 9.17) is 20.8 Å². The number of Topliss-reactive ketones (excluding diaryl/α,β-unsaturated/α-hetero) is 1. The van der Waals surface area contributed by atoms with Gasteiger partial charge in [0.25, 0.3) is 0 Å². The number of halogens is 4. The fraction of sp³-hybridized carbons (Fsp3) is 0.577. The van der Waals surface area contributed by atoms with Gasteiger partial charge < -0.3 is 29.6 Å². The van der Waals surface area contributed by atoms with Crippen LogP contribution in [0.1, 0.15) is 108 Å². The highest BCUT2D eigenvalue weighted by atomic mass is 35.5. The van der Waals surface area contributed by atoms with E-state index < -0.39 is 39.7 Å². The van der Waals surface area contributed by atoms with Crippen molar-refractivity contribution in [2.45, 2.75) is 110 Å². The highest BCUT2D eigenvalue weighted by Crippen LogP contribution is 2.78. The second-order valence-corrected chi connectivity index (χ2v) is 22.1. The minimum Gasteiger partial charge on any atom is -0.497 e. The SMILES string of the molecule is COc1ccc(NC(=O)N(C[C@@H]2CC[C@H]3C[C@@H]2C3(C)C)C[C@]2(O)CC[C@H]3[C@]45C=C[C@@]6(C=C4C(=O)c4ccc(-c7cc(C(F)(F)F)ccc7Cl)o4)CC(O)CC[C@]6(C)[C@H]5CC[C@@]32C)cc1. The summed E-state index contributed by atoms with van der Waals surface area (Å²) >= 11 is 6.44. The first-order valence-electron chi connectivity index (χ1n) is 23.2. The van der Waals surface area contributed by atoms with Crippen LogP contribution in [-0.2, 0) is 6.18 Å². The molecule has 64 heavy (non-hydrogen) atoms.